The zero-order valence-corrected chi connectivity index (χ0v) is 8.48. The van der Waals surface area contributed by atoms with Gasteiger partial charge in [-0.15, -0.1) is 0 Å². The molecule has 0 unspecified atom stereocenters. The van der Waals surface area contributed by atoms with E-state index in [2.05, 4.69) is 15.9 Å². The highest BCUT2D eigenvalue weighted by atomic mass is 79.9. The molecule has 0 saturated carbocycles. The molecular formula is C9H8BrCl. The average Bonchev–Trinajstić information content (AvgIpc) is 1.95. The fourth-order valence-corrected chi connectivity index (χ4v) is 1.63. The first kappa shape index (κ1) is 8.82. The predicted molar refractivity (Wildman–Crippen MR) is 53.9 cm³/mol. The van der Waals surface area contributed by atoms with Gasteiger partial charge in [0.05, 0.1) is 0 Å². The highest BCUT2D eigenvalue weighted by molar-refractivity contribution is 9.10. The maximum atomic E-state index is 5.76. The normalized spacial score (nSPS) is 10.8. The third-order valence-electron chi connectivity index (χ3n) is 1.31. The van der Waals surface area contributed by atoms with Crippen LogP contribution in [0.5, 0.6) is 0 Å². The first-order chi connectivity index (χ1) is 5.24. The van der Waals surface area contributed by atoms with Crippen molar-refractivity contribution in [3.63, 3.8) is 0 Å². The van der Waals surface area contributed by atoms with Gasteiger partial charge in [0.2, 0.25) is 0 Å². The van der Waals surface area contributed by atoms with Gasteiger partial charge < -0.3 is 0 Å². The lowest BCUT2D eigenvalue weighted by atomic mass is 10.2. The monoisotopic (exact) mass is 230 g/mol. The van der Waals surface area contributed by atoms with Gasteiger partial charge in [-0.25, -0.2) is 0 Å². The van der Waals surface area contributed by atoms with E-state index in [-0.39, 0.29) is 0 Å². The fourth-order valence-electron chi connectivity index (χ4n) is 0.816. The Hall–Kier alpha value is -0.270. The van der Waals surface area contributed by atoms with E-state index in [1.165, 1.54) is 0 Å². The summed E-state index contributed by atoms with van der Waals surface area (Å²) in [4.78, 5) is 0. The minimum atomic E-state index is 0.755. The first-order valence-corrected chi connectivity index (χ1v) is 4.49. The highest BCUT2D eigenvalue weighted by Crippen LogP contribution is 2.22. The molecule has 0 aliphatic rings. The summed E-state index contributed by atoms with van der Waals surface area (Å²) in [6.45, 7) is 1.99. The molecule has 0 heterocycles. The van der Waals surface area contributed by atoms with Crippen molar-refractivity contribution in [3.8, 4) is 0 Å². The number of rotatable bonds is 1. The summed E-state index contributed by atoms with van der Waals surface area (Å²) >= 11 is 9.18. The van der Waals surface area contributed by atoms with Crippen LogP contribution in [0, 0.1) is 0 Å². The van der Waals surface area contributed by atoms with E-state index in [1.54, 1.807) is 0 Å². The van der Waals surface area contributed by atoms with Gasteiger partial charge in [0.25, 0.3) is 0 Å². The van der Waals surface area contributed by atoms with Crippen LogP contribution in [-0.4, -0.2) is 0 Å². The van der Waals surface area contributed by atoms with Crippen LogP contribution < -0.4 is 0 Å². The van der Waals surface area contributed by atoms with E-state index in [0.717, 1.165) is 15.1 Å². The Morgan fingerprint density at radius 3 is 2.73 bits per heavy atom. The van der Waals surface area contributed by atoms with E-state index < -0.39 is 0 Å². The van der Waals surface area contributed by atoms with Gasteiger partial charge >= 0.3 is 0 Å². The van der Waals surface area contributed by atoms with E-state index in [1.807, 2.05) is 37.3 Å². The molecule has 2 heteroatoms. The summed E-state index contributed by atoms with van der Waals surface area (Å²) in [6.07, 6.45) is 4.02. The lowest BCUT2D eigenvalue weighted by Crippen LogP contribution is -1.73. The van der Waals surface area contributed by atoms with E-state index in [9.17, 15) is 0 Å². The predicted octanol–water partition coefficient (Wildman–Crippen LogP) is 4.14. The molecule has 58 valence electrons. The molecule has 0 aliphatic carbocycles. The molecule has 1 rings (SSSR count). The number of allylic oxidation sites excluding steroid dienone is 1. The fraction of sp³-hybridized carbons (Fsp3) is 0.111. The topological polar surface area (TPSA) is 0 Å². The lowest BCUT2D eigenvalue weighted by Gasteiger charge is -1.97. The van der Waals surface area contributed by atoms with Gasteiger partial charge in [0.15, 0.2) is 0 Å². The molecule has 1 aromatic carbocycles. The maximum absolute atomic E-state index is 5.76. The van der Waals surface area contributed by atoms with Crippen molar-refractivity contribution < 1.29 is 0 Å². The third kappa shape index (κ3) is 2.35. The molecule has 0 fully saturated rings. The van der Waals surface area contributed by atoms with Crippen LogP contribution >= 0.6 is 27.5 Å². The second kappa shape index (κ2) is 3.93. The van der Waals surface area contributed by atoms with Crippen LogP contribution in [0.4, 0.5) is 0 Å². The zero-order valence-electron chi connectivity index (χ0n) is 6.14. The van der Waals surface area contributed by atoms with Crippen molar-refractivity contribution in [1.82, 2.24) is 0 Å². The van der Waals surface area contributed by atoms with Crippen molar-refractivity contribution >= 4 is 33.6 Å². The minimum absolute atomic E-state index is 0.755. The summed E-state index contributed by atoms with van der Waals surface area (Å²) in [5.74, 6) is 0. The number of benzene rings is 1. The maximum Gasteiger partial charge on any atom is 0.0417 e. The lowest BCUT2D eigenvalue weighted by molar-refractivity contribution is 1.59. The molecule has 0 spiro atoms. The van der Waals surface area contributed by atoms with Crippen LogP contribution in [0.15, 0.2) is 28.7 Å². The Morgan fingerprint density at radius 2 is 2.18 bits per heavy atom. The highest BCUT2D eigenvalue weighted by Gasteiger charge is 1.94. The molecular weight excluding hydrogens is 223 g/mol. The molecule has 0 N–H and O–H groups in total. The van der Waals surface area contributed by atoms with Crippen LogP contribution in [0.3, 0.4) is 0 Å². The van der Waals surface area contributed by atoms with Gasteiger partial charge in [-0.3, -0.25) is 0 Å². The average molecular weight is 232 g/mol. The van der Waals surface area contributed by atoms with Crippen LogP contribution in [-0.2, 0) is 0 Å². The minimum Gasteiger partial charge on any atom is -0.0870 e. The Bertz CT molecular complexity index is 279. The Balaban J connectivity index is 3.09. The molecule has 0 nitrogen and oxygen atoms in total. The van der Waals surface area contributed by atoms with Gasteiger partial charge in [0.1, 0.15) is 0 Å². The molecule has 0 saturated heterocycles. The second-order valence-corrected chi connectivity index (χ2v) is 3.46. The second-order valence-electron chi connectivity index (χ2n) is 2.17. The van der Waals surface area contributed by atoms with E-state index in [4.69, 9.17) is 11.6 Å². The molecule has 0 aromatic heterocycles. The summed E-state index contributed by atoms with van der Waals surface area (Å²) in [5.41, 5.74) is 1.15. The van der Waals surface area contributed by atoms with Crippen LogP contribution in [0.2, 0.25) is 5.02 Å². The number of halogens is 2. The van der Waals surface area contributed by atoms with Gasteiger partial charge in [0, 0.05) is 9.50 Å². The third-order valence-corrected chi connectivity index (χ3v) is 2.23. The van der Waals surface area contributed by atoms with Crippen LogP contribution in [0.25, 0.3) is 6.08 Å². The van der Waals surface area contributed by atoms with Crippen molar-refractivity contribution in [1.29, 1.82) is 0 Å². The van der Waals surface area contributed by atoms with E-state index in [0.29, 0.717) is 0 Å². The van der Waals surface area contributed by atoms with Crippen LogP contribution in [0.1, 0.15) is 12.5 Å². The molecule has 1 aromatic rings. The first-order valence-electron chi connectivity index (χ1n) is 3.32. The Morgan fingerprint density at radius 1 is 1.45 bits per heavy atom. The van der Waals surface area contributed by atoms with Crippen molar-refractivity contribution in [2.45, 2.75) is 6.92 Å². The Labute approximate surface area is 80.0 Å². The van der Waals surface area contributed by atoms with Gasteiger partial charge in [-0.2, -0.15) is 0 Å². The van der Waals surface area contributed by atoms with Gasteiger partial charge in [-0.1, -0.05) is 45.7 Å². The molecule has 0 radical (unpaired) electrons. The SMILES string of the molecule is CC=Cc1ccc(Cl)cc1Br. The van der Waals surface area contributed by atoms with Crippen molar-refractivity contribution in [2.24, 2.45) is 0 Å². The van der Waals surface area contributed by atoms with E-state index >= 15 is 0 Å². The Kier molecular flexibility index (Phi) is 3.16. The summed E-state index contributed by atoms with van der Waals surface area (Å²) in [6, 6.07) is 5.74. The summed E-state index contributed by atoms with van der Waals surface area (Å²) < 4.78 is 1.03. The van der Waals surface area contributed by atoms with Crippen molar-refractivity contribution in [2.75, 3.05) is 0 Å². The summed E-state index contributed by atoms with van der Waals surface area (Å²) in [7, 11) is 0. The van der Waals surface area contributed by atoms with Crippen molar-refractivity contribution in [3.05, 3.63) is 39.3 Å². The molecule has 0 bridgehead atoms. The molecule has 11 heavy (non-hydrogen) atoms. The number of hydrogen-bond acceptors (Lipinski definition) is 0. The largest absolute Gasteiger partial charge is 0.0870 e. The zero-order chi connectivity index (χ0) is 8.27. The standard InChI is InChI=1S/C9H8BrCl/c1-2-3-7-4-5-8(11)6-9(7)10/h2-6H,1H3. The number of hydrogen-bond donors (Lipinski definition) is 0. The molecule has 0 amide bonds. The quantitative estimate of drug-likeness (QED) is 0.681. The van der Waals surface area contributed by atoms with Gasteiger partial charge in [-0.05, 0) is 24.6 Å². The molecule has 0 atom stereocenters. The smallest absolute Gasteiger partial charge is 0.0417 e. The molecule has 0 aliphatic heterocycles. The summed E-state index contributed by atoms with van der Waals surface area (Å²) in [5, 5.41) is 0.755.